The number of nitrogens with zero attached hydrogens (tertiary/aromatic N) is 2. The van der Waals surface area contributed by atoms with Gasteiger partial charge in [-0.3, -0.25) is 4.98 Å². The van der Waals surface area contributed by atoms with Crippen molar-refractivity contribution in [2.75, 3.05) is 0 Å². The summed E-state index contributed by atoms with van der Waals surface area (Å²) in [5.41, 5.74) is 4.09. The molecule has 0 aliphatic heterocycles. The van der Waals surface area contributed by atoms with Crippen molar-refractivity contribution in [1.29, 1.82) is 0 Å². The maximum atomic E-state index is 4.67. The van der Waals surface area contributed by atoms with Crippen LogP contribution in [0.5, 0.6) is 0 Å². The zero-order valence-corrected chi connectivity index (χ0v) is 11.4. The van der Waals surface area contributed by atoms with Gasteiger partial charge in [0.1, 0.15) is 0 Å². The number of allylic oxidation sites excluding steroid dienone is 1. The number of hydrogen-bond donors (Lipinski definition) is 0. The van der Waals surface area contributed by atoms with Gasteiger partial charge in [0.25, 0.3) is 0 Å². The highest BCUT2D eigenvalue weighted by molar-refractivity contribution is 5.73. The number of rotatable bonds is 3. The Morgan fingerprint density at radius 3 is 2.40 bits per heavy atom. The van der Waals surface area contributed by atoms with E-state index in [1.54, 1.807) is 0 Å². The van der Waals surface area contributed by atoms with Crippen LogP contribution < -0.4 is 0 Å². The van der Waals surface area contributed by atoms with Crippen LogP contribution in [-0.4, -0.2) is 9.97 Å². The number of para-hydroxylation sites is 2. The molecule has 0 saturated carbocycles. The minimum Gasteiger partial charge on any atom is -0.253 e. The van der Waals surface area contributed by atoms with Gasteiger partial charge in [-0.25, -0.2) is 4.98 Å². The second-order valence-electron chi connectivity index (χ2n) is 4.84. The number of benzene rings is 2. The topological polar surface area (TPSA) is 25.8 Å². The SMILES string of the molecule is C[C@H](/C=C/c1ccccc1)c1cnc2ccccc2n1. The first kappa shape index (κ1) is 12.5. The zero-order chi connectivity index (χ0) is 13.8. The lowest BCUT2D eigenvalue weighted by molar-refractivity contribution is 0.909. The molecule has 3 aromatic rings. The molecule has 0 N–H and O–H groups in total. The average molecular weight is 260 g/mol. The van der Waals surface area contributed by atoms with Crippen LogP contribution in [0.1, 0.15) is 24.1 Å². The van der Waals surface area contributed by atoms with Crippen molar-refractivity contribution in [3.63, 3.8) is 0 Å². The highest BCUT2D eigenvalue weighted by Crippen LogP contribution is 2.18. The Balaban J connectivity index is 1.85. The van der Waals surface area contributed by atoms with Gasteiger partial charge in [0.2, 0.25) is 0 Å². The van der Waals surface area contributed by atoms with Crippen molar-refractivity contribution < 1.29 is 0 Å². The molecule has 2 heteroatoms. The molecule has 2 aromatic carbocycles. The molecule has 3 rings (SSSR count). The first-order valence-corrected chi connectivity index (χ1v) is 6.78. The summed E-state index contributed by atoms with van der Waals surface area (Å²) in [5, 5.41) is 0. The molecule has 0 fully saturated rings. The second-order valence-corrected chi connectivity index (χ2v) is 4.84. The fraction of sp³-hybridized carbons (Fsp3) is 0.111. The molecule has 1 aromatic heterocycles. The third kappa shape index (κ3) is 2.75. The van der Waals surface area contributed by atoms with Gasteiger partial charge >= 0.3 is 0 Å². The fourth-order valence-corrected chi connectivity index (χ4v) is 2.11. The summed E-state index contributed by atoms with van der Waals surface area (Å²) >= 11 is 0. The first-order valence-electron chi connectivity index (χ1n) is 6.78. The zero-order valence-electron chi connectivity index (χ0n) is 11.4. The van der Waals surface area contributed by atoms with Crippen molar-refractivity contribution in [3.05, 3.63) is 78.1 Å². The van der Waals surface area contributed by atoms with E-state index in [0.717, 1.165) is 16.7 Å². The number of hydrogen-bond acceptors (Lipinski definition) is 2. The number of aromatic nitrogens is 2. The second kappa shape index (κ2) is 5.66. The summed E-state index contributed by atoms with van der Waals surface area (Å²) < 4.78 is 0. The van der Waals surface area contributed by atoms with Crippen molar-refractivity contribution >= 4 is 17.1 Å². The minimum atomic E-state index is 0.243. The van der Waals surface area contributed by atoms with Crippen LogP contribution in [0.3, 0.4) is 0 Å². The molecular weight excluding hydrogens is 244 g/mol. The van der Waals surface area contributed by atoms with Gasteiger partial charge < -0.3 is 0 Å². The lowest BCUT2D eigenvalue weighted by Crippen LogP contribution is -1.96. The van der Waals surface area contributed by atoms with Gasteiger partial charge in [-0.2, -0.15) is 0 Å². The van der Waals surface area contributed by atoms with E-state index in [4.69, 9.17) is 0 Å². The fourth-order valence-electron chi connectivity index (χ4n) is 2.11. The molecule has 1 atom stereocenters. The van der Waals surface area contributed by atoms with Gasteiger partial charge in [-0.1, -0.05) is 61.5 Å². The molecule has 0 spiro atoms. The molecule has 0 aliphatic carbocycles. The molecule has 2 nitrogen and oxygen atoms in total. The molecule has 1 heterocycles. The third-order valence-corrected chi connectivity index (χ3v) is 3.31. The van der Waals surface area contributed by atoms with E-state index >= 15 is 0 Å². The molecule has 0 unspecified atom stereocenters. The highest BCUT2D eigenvalue weighted by Gasteiger charge is 2.05. The van der Waals surface area contributed by atoms with Crippen LogP contribution in [-0.2, 0) is 0 Å². The van der Waals surface area contributed by atoms with E-state index in [9.17, 15) is 0 Å². The highest BCUT2D eigenvalue weighted by atomic mass is 14.8. The van der Waals surface area contributed by atoms with E-state index in [0.29, 0.717) is 0 Å². The largest absolute Gasteiger partial charge is 0.253 e. The minimum absolute atomic E-state index is 0.243. The van der Waals surface area contributed by atoms with Crippen molar-refractivity contribution in [2.45, 2.75) is 12.8 Å². The van der Waals surface area contributed by atoms with Crippen LogP contribution >= 0.6 is 0 Å². The monoisotopic (exact) mass is 260 g/mol. The molecule has 0 amide bonds. The van der Waals surface area contributed by atoms with Crippen LogP contribution in [0.15, 0.2) is 66.9 Å². The van der Waals surface area contributed by atoms with E-state index < -0.39 is 0 Å². The van der Waals surface area contributed by atoms with Crippen LogP contribution in [0, 0.1) is 0 Å². The van der Waals surface area contributed by atoms with Gasteiger partial charge in [0, 0.05) is 12.1 Å². The van der Waals surface area contributed by atoms with Crippen LogP contribution in [0.25, 0.3) is 17.1 Å². The van der Waals surface area contributed by atoms with E-state index in [2.05, 4.69) is 41.2 Å². The molecule has 0 saturated heterocycles. The van der Waals surface area contributed by atoms with E-state index in [1.807, 2.05) is 48.7 Å². The summed E-state index contributed by atoms with van der Waals surface area (Å²) in [7, 11) is 0. The average Bonchev–Trinajstić information content (AvgIpc) is 2.53. The summed E-state index contributed by atoms with van der Waals surface area (Å²) in [5.74, 6) is 0.243. The van der Waals surface area contributed by atoms with Crippen molar-refractivity contribution in [2.24, 2.45) is 0 Å². The smallest absolute Gasteiger partial charge is 0.0890 e. The Morgan fingerprint density at radius 2 is 1.60 bits per heavy atom. The summed E-state index contributed by atoms with van der Waals surface area (Å²) in [6.45, 7) is 2.14. The van der Waals surface area contributed by atoms with Crippen LogP contribution in [0.2, 0.25) is 0 Å². The Hall–Kier alpha value is -2.48. The normalized spacial score (nSPS) is 12.8. The third-order valence-electron chi connectivity index (χ3n) is 3.31. The first-order chi connectivity index (χ1) is 9.83. The Morgan fingerprint density at radius 1 is 0.900 bits per heavy atom. The Labute approximate surface area is 118 Å². The van der Waals surface area contributed by atoms with Gasteiger partial charge in [0.05, 0.1) is 16.7 Å². The maximum absolute atomic E-state index is 4.67. The van der Waals surface area contributed by atoms with Gasteiger partial charge in [-0.05, 0) is 17.7 Å². The summed E-state index contributed by atoms with van der Waals surface area (Å²) in [4.78, 5) is 9.13. The van der Waals surface area contributed by atoms with Gasteiger partial charge in [-0.15, -0.1) is 0 Å². The Bertz CT molecular complexity index is 733. The molecule has 0 aliphatic rings. The molecule has 0 bridgehead atoms. The summed E-state index contributed by atoms with van der Waals surface area (Å²) in [6, 6.07) is 18.2. The molecule has 20 heavy (non-hydrogen) atoms. The van der Waals surface area contributed by atoms with Gasteiger partial charge in [0.15, 0.2) is 0 Å². The van der Waals surface area contributed by atoms with Crippen molar-refractivity contribution in [3.8, 4) is 0 Å². The molecule has 98 valence electrons. The predicted molar refractivity (Wildman–Crippen MR) is 83.4 cm³/mol. The predicted octanol–water partition coefficient (Wildman–Crippen LogP) is 4.45. The standard InChI is InChI=1S/C18H16N2/c1-14(11-12-15-7-3-2-4-8-15)18-13-19-16-9-5-6-10-17(16)20-18/h2-14H,1H3/b12-11+/t14-/m1/s1. The number of fused-ring (bicyclic) bond motifs is 1. The van der Waals surface area contributed by atoms with E-state index in [-0.39, 0.29) is 5.92 Å². The lowest BCUT2D eigenvalue weighted by Gasteiger charge is -2.06. The van der Waals surface area contributed by atoms with Crippen molar-refractivity contribution in [1.82, 2.24) is 9.97 Å². The lowest BCUT2D eigenvalue weighted by atomic mass is 10.1. The quantitative estimate of drug-likeness (QED) is 0.695. The van der Waals surface area contributed by atoms with Crippen LogP contribution in [0.4, 0.5) is 0 Å². The maximum Gasteiger partial charge on any atom is 0.0890 e. The Kier molecular flexibility index (Phi) is 3.55. The van der Waals surface area contributed by atoms with E-state index in [1.165, 1.54) is 5.56 Å². The summed E-state index contributed by atoms with van der Waals surface area (Å²) in [6.07, 6.45) is 6.15. The molecule has 0 radical (unpaired) electrons. The molecular formula is C18H16N2.